The summed E-state index contributed by atoms with van der Waals surface area (Å²) >= 11 is 0. The Bertz CT molecular complexity index is 915. The number of hydrogen-bond acceptors (Lipinski definition) is 4. The van der Waals surface area contributed by atoms with Crippen LogP contribution in [0.3, 0.4) is 0 Å². The van der Waals surface area contributed by atoms with E-state index in [1.165, 1.54) is 30.3 Å². The van der Waals surface area contributed by atoms with Crippen LogP contribution in [0.5, 0.6) is 0 Å². The van der Waals surface area contributed by atoms with Crippen molar-refractivity contribution in [2.45, 2.75) is 44.4 Å². The molecule has 1 aromatic carbocycles. The lowest BCUT2D eigenvalue weighted by atomic mass is 9.98. The predicted octanol–water partition coefficient (Wildman–Crippen LogP) is 5.75. The van der Waals surface area contributed by atoms with Crippen LogP contribution in [0.2, 0.25) is 0 Å². The van der Waals surface area contributed by atoms with Gasteiger partial charge in [-0.3, -0.25) is 0 Å². The summed E-state index contributed by atoms with van der Waals surface area (Å²) in [6.07, 6.45) is 1.25. The first-order chi connectivity index (χ1) is 13.4. The van der Waals surface area contributed by atoms with E-state index in [1.807, 2.05) is 0 Å². The van der Waals surface area contributed by atoms with Crippen LogP contribution < -0.4 is 0 Å². The third kappa shape index (κ3) is 4.83. The first kappa shape index (κ1) is 19.7. The average Bonchev–Trinajstić information content (AvgIpc) is 3.15. The van der Waals surface area contributed by atoms with E-state index in [0.717, 1.165) is 44.2 Å². The zero-order chi connectivity index (χ0) is 20.1. The number of benzene rings is 1. The van der Waals surface area contributed by atoms with Gasteiger partial charge in [0.05, 0.1) is 5.56 Å². The molecule has 0 saturated heterocycles. The van der Waals surface area contributed by atoms with Crippen molar-refractivity contribution >= 4 is 12.0 Å². The van der Waals surface area contributed by atoms with Crippen molar-refractivity contribution in [2.75, 3.05) is 0 Å². The van der Waals surface area contributed by atoms with Crippen LogP contribution in [0.15, 0.2) is 46.4 Å². The maximum atomic E-state index is 12.9. The highest BCUT2D eigenvalue weighted by molar-refractivity contribution is 5.97. The summed E-state index contributed by atoms with van der Waals surface area (Å²) in [6, 6.07) is 9.51. The molecule has 1 fully saturated rings. The Kier molecular flexibility index (Phi) is 5.88. The van der Waals surface area contributed by atoms with Gasteiger partial charge in [0, 0.05) is 11.6 Å². The molecule has 146 valence electrons. The summed E-state index contributed by atoms with van der Waals surface area (Å²) in [5, 5.41) is 9.25. The van der Waals surface area contributed by atoms with E-state index < -0.39 is 17.7 Å². The van der Waals surface area contributed by atoms with Gasteiger partial charge in [0.1, 0.15) is 29.3 Å². The summed E-state index contributed by atoms with van der Waals surface area (Å²) in [5.41, 5.74) is -0.749. The molecule has 4 nitrogen and oxygen atoms in total. The molecule has 0 bridgehead atoms. The highest BCUT2D eigenvalue weighted by Gasteiger charge is 2.30. The van der Waals surface area contributed by atoms with Crippen molar-refractivity contribution in [1.29, 1.82) is 5.26 Å². The molecule has 1 aliphatic carbocycles. The summed E-state index contributed by atoms with van der Waals surface area (Å²) in [5.74, 6) is -0.328. The minimum absolute atomic E-state index is 0.185. The summed E-state index contributed by atoms with van der Waals surface area (Å²) in [4.78, 5) is 12.2. The largest absolute Gasteiger partial charge is 0.458 e. The highest BCUT2D eigenvalue weighted by Crippen LogP contribution is 2.33. The van der Waals surface area contributed by atoms with Crippen molar-refractivity contribution < 1.29 is 27.1 Å². The van der Waals surface area contributed by atoms with E-state index in [1.54, 1.807) is 6.07 Å². The predicted molar refractivity (Wildman–Crippen MR) is 95.7 cm³/mol. The number of carbonyl (C=O) groups is 1. The second-order valence-corrected chi connectivity index (χ2v) is 6.62. The van der Waals surface area contributed by atoms with Crippen molar-refractivity contribution in [3.05, 3.63) is 53.3 Å². The Hall–Kier alpha value is -3.01. The number of nitriles is 1. The molecule has 28 heavy (non-hydrogen) atoms. The van der Waals surface area contributed by atoms with Crippen LogP contribution >= 0.6 is 0 Å². The third-order valence-electron chi connectivity index (χ3n) is 4.55. The van der Waals surface area contributed by atoms with Crippen LogP contribution in [-0.4, -0.2) is 12.1 Å². The first-order valence-electron chi connectivity index (χ1n) is 8.97. The van der Waals surface area contributed by atoms with Crippen LogP contribution in [0.1, 0.15) is 43.4 Å². The van der Waals surface area contributed by atoms with Crippen molar-refractivity contribution in [2.24, 2.45) is 0 Å². The van der Waals surface area contributed by atoms with Gasteiger partial charge in [0.2, 0.25) is 0 Å². The SMILES string of the molecule is N#C/C(=C\c1ccc(-c2cccc(C(F)(F)F)c2)o1)C(=O)OC1CCCCC1. The number of alkyl halides is 3. The highest BCUT2D eigenvalue weighted by atomic mass is 19.4. The molecular weight excluding hydrogens is 371 g/mol. The number of carbonyl (C=O) groups excluding carboxylic acids is 1. The summed E-state index contributed by atoms with van der Waals surface area (Å²) < 4.78 is 49.5. The lowest BCUT2D eigenvalue weighted by Crippen LogP contribution is -2.21. The minimum atomic E-state index is -4.46. The average molecular weight is 389 g/mol. The van der Waals surface area contributed by atoms with Gasteiger partial charge in [-0.15, -0.1) is 0 Å². The molecule has 1 saturated carbocycles. The number of rotatable bonds is 4. The molecule has 3 rings (SSSR count). The van der Waals surface area contributed by atoms with Crippen molar-refractivity contribution in [3.8, 4) is 17.4 Å². The first-order valence-corrected chi connectivity index (χ1v) is 8.97. The zero-order valence-electron chi connectivity index (χ0n) is 15.0. The maximum absolute atomic E-state index is 12.9. The molecule has 0 amide bonds. The lowest BCUT2D eigenvalue weighted by Gasteiger charge is -2.21. The molecule has 0 atom stereocenters. The lowest BCUT2D eigenvalue weighted by molar-refractivity contribution is -0.145. The standard InChI is InChI=1S/C21H18F3NO3/c22-21(23,24)16-6-4-5-14(11-16)19-10-9-18(27-19)12-15(13-25)20(26)28-17-7-2-1-3-8-17/h4-6,9-12,17H,1-3,7-8H2/b15-12+. The number of ether oxygens (including phenoxy) is 1. The van der Waals surface area contributed by atoms with Gasteiger partial charge >= 0.3 is 12.1 Å². The molecule has 0 N–H and O–H groups in total. The van der Waals surface area contributed by atoms with E-state index in [-0.39, 0.29) is 28.8 Å². The van der Waals surface area contributed by atoms with E-state index in [2.05, 4.69) is 0 Å². The van der Waals surface area contributed by atoms with Crippen molar-refractivity contribution in [1.82, 2.24) is 0 Å². The molecule has 0 radical (unpaired) electrons. The third-order valence-corrected chi connectivity index (χ3v) is 4.55. The van der Waals surface area contributed by atoms with Gasteiger partial charge in [-0.05, 0) is 49.9 Å². The maximum Gasteiger partial charge on any atom is 0.416 e. The summed E-state index contributed by atoms with van der Waals surface area (Å²) in [7, 11) is 0. The van der Waals surface area contributed by atoms with Crippen LogP contribution in [0.25, 0.3) is 17.4 Å². The van der Waals surface area contributed by atoms with E-state index in [4.69, 9.17) is 9.15 Å². The fraction of sp³-hybridized carbons (Fsp3) is 0.333. The fourth-order valence-corrected chi connectivity index (χ4v) is 3.11. The zero-order valence-corrected chi connectivity index (χ0v) is 15.0. The van der Waals surface area contributed by atoms with Crippen LogP contribution in [-0.2, 0) is 15.7 Å². The Morgan fingerprint density at radius 1 is 1.18 bits per heavy atom. The summed E-state index contributed by atoms with van der Waals surface area (Å²) in [6.45, 7) is 0. The normalized spacial score (nSPS) is 15.9. The monoisotopic (exact) mass is 389 g/mol. The smallest absolute Gasteiger partial charge is 0.416 e. The number of furan rings is 1. The van der Waals surface area contributed by atoms with Gasteiger partial charge in [-0.1, -0.05) is 18.6 Å². The van der Waals surface area contributed by atoms with Gasteiger partial charge < -0.3 is 9.15 Å². The topological polar surface area (TPSA) is 63.2 Å². The molecule has 2 aromatic rings. The number of hydrogen-bond donors (Lipinski definition) is 0. The number of esters is 1. The quantitative estimate of drug-likeness (QED) is 0.380. The Balaban J connectivity index is 1.77. The van der Waals surface area contributed by atoms with Gasteiger partial charge in [0.15, 0.2) is 0 Å². The van der Waals surface area contributed by atoms with E-state index in [9.17, 15) is 23.2 Å². The molecule has 0 aliphatic heterocycles. The molecule has 0 spiro atoms. The van der Waals surface area contributed by atoms with E-state index in [0.29, 0.717) is 0 Å². The Labute approximate surface area is 160 Å². The van der Waals surface area contributed by atoms with Crippen molar-refractivity contribution in [3.63, 3.8) is 0 Å². The Morgan fingerprint density at radius 2 is 1.93 bits per heavy atom. The second-order valence-electron chi connectivity index (χ2n) is 6.62. The number of nitrogens with zero attached hydrogens (tertiary/aromatic N) is 1. The molecule has 7 heteroatoms. The fourth-order valence-electron chi connectivity index (χ4n) is 3.11. The molecule has 1 heterocycles. The molecular formula is C21H18F3NO3. The molecule has 1 aliphatic rings. The van der Waals surface area contributed by atoms with Gasteiger partial charge in [0.25, 0.3) is 0 Å². The number of halogens is 3. The van der Waals surface area contributed by atoms with E-state index >= 15 is 0 Å². The second kappa shape index (κ2) is 8.34. The minimum Gasteiger partial charge on any atom is -0.458 e. The Morgan fingerprint density at radius 3 is 2.61 bits per heavy atom. The van der Waals surface area contributed by atoms with Gasteiger partial charge in [-0.2, -0.15) is 18.4 Å². The molecule has 1 aromatic heterocycles. The van der Waals surface area contributed by atoms with Gasteiger partial charge in [-0.25, -0.2) is 4.79 Å². The molecule has 0 unspecified atom stereocenters. The van der Waals surface area contributed by atoms with Crippen LogP contribution in [0, 0.1) is 11.3 Å². The van der Waals surface area contributed by atoms with Crippen LogP contribution in [0.4, 0.5) is 13.2 Å².